The largest absolute Gasteiger partial charge is 0.417 e. The number of nitrogens with zero attached hydrogens (tertiary/aromatic N) is 2. The molecule has 8 heteroatoms. The lowest BCUT2D eigenvalue weighted by Crippen LogP contribution is -2.24. The van der Waals surface area contributed by atoms with Crippen LogP contribution in [0.2, 0.25) is 0 Å². The maximum atomic E-state index is 13.2. The Labute approximate surface area is 138 Å². The third-order valence-corrected chi connectivity index (χ3v) is 3.12. The minimum atomic E-state index is -4.51. The highest BCUT2D eigenvalue weighted by atomic mass is 35.5. The Morgan fingerprint density at radius 3 is 2.52 bits per heavy atom. The maximum Gasteiger partial charge on any atom is 0.417 e. The number of rotatable bonds is 5. The van der Waals surface area contributed by atoms with E-state index in [4.69, 9.17) is 4.52 Å². The van der Waals surface area contributed by atoms with Gasteiger partial charge in [-0.15, -0.1) is 12.4 Å². The standard InChI is InChI=1S/C15H16F3N3O.ClH/c1-10(19-2)8-13-20-14(22-21-13)9-12(15(16,17)18)11-6-4-3-5-7-11;/h3-7,9-10,19H,8H2,1-2H3;1H/b12-9-;. The predicted octanol–water partition coefficient (Wildman–Crippen LogP) is 3.74. The van der Waals surface area contributed by atoms with Gasteiger partial charge in [0.05, 0.1) is 5.57 Å². The predicted molar refractivity (Wildman–Crippen MR) is 84.1 cm³/mol. The van der Waals surface area contributed by atoms with Crippen molar-refractivity contribution < 1.29 is 17.7 Å². The minimum absolute atomic E-state index is 0. The van der Waals surface area contributed by atoms with E-state index < -0.39 is 11.7 Å². The van der Waals surface area contributed by atoms with Crippen molar-refractivity contribution >= 4 is 24.1 Å². The maximum absolute atomic E-state index is 13.2. The van der Waals surface area contributed by atoms with Crippen LogP contribution in [-0.4, -0.2) is 29.4 Å². The van der Waals surface area contributed by atoms with E-state index in [2.05, 4.69) is 15.5 Å². The summed E-state index contributed by atoms with van der Waals surface area (Å²) < 4.78 is 44.5. The second-order valence-electron chi connectivity index (χ2n) is 4.86. The summed E-state index contributed by atoms with van der Waals surface area (Å²) >= 11 is 0. The van der Waals surface area contributed by atoms with Gasteiger partial charge in [0.15, 0.2) is 5.82 Å². The van der Waals surface area contributed by atoms with Crippen molar-refractivity contribution in [3.8, 4) is 0 Å². The van der Waals surface area contributed by atoms with Crippen molar-refractivity contribution in [2.75, 3.05) is 7.05 Å². The number of aromatic nitrogens is 2. The fourth-order valence-corrected chi connectivity index (χ4v) is 1.85. The van der Waals surface area contributed by atoms with Crippen LogP contribution >= 0.6 is 12.4 Å². The lowest BCUT2D eigenvalue weighted by atomic mass is 10.1. The van der Waals surface area contributed by atoms with E-state index in [0.29, 0.717) is 12.2 Å². The van der Waals surface area contributed by atoms with Gasteiger partial charge in [0.2, 0.25) is 0 Å². The minimum Gasteiger partial charge on any atom is -0.335 e. The SMILES string of the molecule is CNC(C)Cc1noc(/C=C(/c2ccccc2)C(F)(F)F)n1.Cl. The van der Waals surface area contributed by atoms with Gasteiger partial charge in [-0.3, -0.25) is 0 Å². The number of halogens is 4. The number of hydrogen-bond acceptors (Lipinski definition) is 4. The van der Waals surface area contributed by atoms with E-state index in [1.165, 1.54) is 12.1 Å². The fourth-order valence-electron chi connectivity index (χ4n) is 1.85. The van der Waals surface area contributed by atoms with E-state index >= 15 is 0 Å². The van der Waals surface area contributed by atoms with Gasteiger partial charge < -0.3 is 9.84 Å². The van der Waals surface area contributed by atoms with Gasteiger partial charge in [-0.1, -0.05) is 35.5 Å². The molecule has 1 aromatic heterocycles. The lowest BCUT2D eigenvalue weighted by Gasteiger charge is -2.10. The van der Waals surface area contributed by atoms with Gasteiger partial charge in [0.25, 0.3) is 5.89 Å². The highest BCUT2D eigenvalue weighted by molar-refractivity contribution is 5.85. The number of likely N-dealkylation sites (N-methyl/N-ethyl adjacent to an activating group) is 1. The molecule has 1 aromatic carbocycles. The fraction of sp³-hybridized carbons (Fsp3) is 0.333. The molecular formula is C15H17ClF3N3O. The monoisotopic (exact) mass is 347 g/mol. The van der Waals surface area contributed by atoms with Gasteiger partial charge in [-0.05, 0) is 19.5 Å². The van der Waals surface area contributed by atoms with Crippen LogP contribution in [0.25, 0.3) is 11.6 Å². The lowest BCUT2D eigenvalue weighted by molar-refractivity contribution is -0.0683. The molecule has 2 rings (SSSR count). The number of allylic oxidation sites excluding steroid dienone is 1. The molecule has 0 fully saturated rings. The first-order valence-electron chi connectivity index (χ1n) is 6.74. The van der Waals surface area contributed by atoms with Crippen molar-refractivity contribution in [1.82, 2.24) is 15.5 Å². The molecule has 0 saturated heterocycles. The Hall–Kier alpha value is -1.86. The Balaban J connectivity index is 0.00000264. The summed E-state index contributed by atoms with van der Waals surface area (Å²) in [5.41, 5.74) is -0.761. The van der Waals surface area contributed by atoms with Gasteiger partial charge in [0, 0.05) is 18.5 Å². The average Bonchev–Trinajstić information content (AvgIpc) is 2.91. The third-order valence-electron chi connectivity index (χ3n) is 3.12. The second kappa shape index (κ2) is 8.12. The Kier molecular flexibility index (Phi) is 6.78. The quantitative estimate of drug-likeness (QED) is 0.895. The normalized spacial score (nSPS) is 13.5. The third kappa shape index (κ3) is 5.37. The molecule has 0 aliphatic carbocycles. The van der Waals surface area contributed by atoms with Crippen LogP contribution in [0.1, 0.15) is 24.2 Å². The topological polar surface area (TPSA) is 51.0 Å². The molecule has 2 aromatic rings. The molecule has 1 heterocycles. The molecular weight excluding hydrogens is 331 g/mol. The summed E-state index contributed by atoms with van der Waals surface area (Å²) in [6, 6.07) is 7.62. The first-order valence-corrected chi connectivity index (χ1v) is 6.74. The van der Waals surface area contributed by atoms with Gasteiger partial charge in [0.1, 0.15) is 0 Å². The van der Waals surface area contributed by atoms with Gasteiger partial charge >= 0.3 is 6.18 Å². The van der Waals surface area contributed by atoms with Crippen molar-refractivity contribution in [2.45, 2.75) is 25.6 Å². The summed E-state index contributed by atoms with van der Waals surface area (Å²) in [5.74, 6) is 0.206. The smallest absolute Gasteiger partial charge is 0.335 e. The average molecular weight is 348 g/mol. The van der Waals surface area contributed by atoms with Crippen molar-refractivity contribution in [3.63, 3.8) is 0 Å². The van der Waals surface area contributed by atoms with Gasteiger partial charge in [-0.25, -0.2) is 0 Å². The van der Waals surface area contributed by atoms with Crippen LogP contribution in [0.4, 0.5) is 13.2 Å². The molecule has 0 saturated carbocycles. The highest BCUT2D eigenvalue weighted by Gasteiger charge is 2.35. The zero-order chi connectivity index (χ0) is 16.2. The molecule has 1 N–H and O–H groups in total. The zero-order valence-electron chi connectivity index (χ0n) is 12.6. The van der Waals surface area contributed by atoms with Crippen LogP contribution in [0.5, 0.6) is 0 Å². The van der Waals surface area contributed by atoms with E-state index in [0.717, 1.165) is 6.08 Å². The molecule has 0 amide bonds. The van der Waals surface area contributed by atoms with Crippen LogP contribution in [0.15, 0.2) is 34.9 Å². The van der Waals surface area contributed by atoms with Crippen molar-refractivity contribution in [2.24, 2.45) is 0 Å². The molecule has 23 heavy (non-hydrogen) atoms. The second-order valence-corrected chi connectivity index (χ2v) is 4.86. The molecule has 0 aliphatic heterocycles. The molecule has 1 atom stereocenters. The molecule has 0 spiro atoms. The number of benzene rings is 1. The zero-order valence-corrected chi connectivity index (χ0v) is 13.4. The van der Waals surface area contributed by atoms with Crippen LogP contribution in [-0.2, 0) is 6.42 Å². The van der Waals surface area contributed by atoms with E-state index in [9.17, 15) is 13.2 Å². The molecule has 4 nitrogen and oxygen atoms in total. The van der Waals surface area contributed by atoms with E-state index in [-0.39, 0.29) is 29.9 Å². The highest BCUT2D eigenvalue weighted by Crippen LogP contribution is 2.35. The summed E-state index contributed by atoms with van der Waals surface area (Å²) in [5, 5.41) is 6.69. The molecule has 126 valence electrons. The summed E-state index contributed by atoms with van der Waals surface area (Å²) in [7, 11) is 1.78. The van der Waals surface area contributed by atoms with Crippen molar-refractivity contribution in [3.05, 3.63) is 47.6 Å². The van der Waals surface area contributed by atoms with Crippen LogP contribution < -0.4 is 5.32 Å². The van der Waals surface area contributed by atoms with Crippen molar-refractivity contribution in [1.29, 1.82) is 0 Å². The molecule has 0 radical (unpaired) electrons. The Morgan fingerprint density at radius 2 is 1.96 bits per heavy atom. The van der Waals surface area contributed by atoms with Gasteiger partial charge in [-0.2, -0.15) is 18.2 Å². The summed E-state index contributed by atoms with van der Waals surface area (Å²) in [4.78, 5) is 3.98. The molecule has 0 aliphatic rings. The number of nitrogens with one attached hydrogen (secondary N) is 1. The molecule has 0 bridgehead atoms. The van der Waals surface area contributed by atoms with E-state index in [1.807, 2.05) is 6.92 Å². The Bertz CT molecular complexity index is 641. The molecule has 1 unspecified atom stereocenters. The number of alkyl halides is 3. The first kappa shape index (κ1) is 19.2. The Morgan fingerprint density at radius 1 is 1.30 bits per heavy atom. The number of hydrogen-bond donors (Lipinski definition) is 1. The van der Waals surface area contributed by atoms with E-state index in [1.54, 1.807) is 25.2 Å². The summed E-state index contributed by atoms with van der Waals surface area (Å²) in [6.07, 6.45) is -3.16. The first-order chi connectivity index (χ1) is 10.4. The summed E-state index contributed by atoms with van der Waals surface area (Å²) in [6.45, 7) is 1.91. The van der Waals surface area contributed by atoms with Crippen LogP contribution in [0.3, 0.4) is 0 Å². The van der Waals surface area contributed by atoms with Crippen LogP contribution in [0, 0.1) is 0 Å².